The SMILES string of the molecule is CN1C(=O)[C@]2(C(=O)c3ccccc3)CCOC1C(=O)N2C. The van der Waals surface area contributed by atoms with Crippen LogP contribution < -0.4 is 0 Å². The van der Waals surface area contributed by atoms with Gasteiger partial charge in [0.25, 0.3) is 11.8 Å². The molecule has 3 heterocycles. The van der Waals surface area contributed by atoms with Crippen LogP contribution in [-0.2, 0) is 14.3 Å². The topological polar surface area (TPSA) is 66.9 Å². The smallest absolute Gasteiger partial charge is 0.273 e. The van der Waals surface area contributed by atoms with Gasteiger partial charge in [-0.1, -0.05) is 30.3 Å². The van der Waals surface area contributed by atoms with Crippen LogP contribution in [0.4, 0.5) is 0 Å². The maximum atomic E-state index is 12.9. The van der Waals surface area contributed by atoms with Crippen molar-refractivity contribution in [1.29, 1.82) is 0 Å². The van der Waals surface area contributed by atoms with Gasteiger partial charge in [-0.2, -0.15) is 0 Å². The highest BCUT2D eigenvalue weighted by atomic mass is 16.5. The molecule has 0 aliphatic carbocycles. The fourth-order valence-corrected chi connectivity index (χ4v) is 3.03. The van der Waals surface area contributed by atoms with Crippen molar-refractivity contribution in [2.24, 2.45) is 0 Å². The average molecular weight is 288 g/mol. The molecule has 110 valence electrons. The molecule has 0 N–H and O–H groups in total. The summed E-state index contributed by atoms with van der Waals surface area (Å²) in [5, 5.41) is 0. The van der Waals surface area contributed by atoms with E-state index < -0.39 is 11.8 Å². The molecule has 2 bridgehead atoms. The highest BCUT2D eigenvalue weighted by molar-refractivity contribution is 6.21. The van der Waals surface area contributed by atoms with E-state index in [1.54, 1.807) is 30.3 Å². The quantitative estimate of drug-likeness (QED) is 0.579. The molecule has 2 atom stereocenters. The van der Waals surface area contributed by atoms with Crippen LogP contribution in [-0.4, -0.2) is 59.9 Å². The minimum Gasteiger partial charge on any atom is -0.349 e. The van der Waals surface area contributed by atoms with Gasteiger partial charge in [0, 0.05) is 26.1 Å². The van der Waals surface area contributed by atoms with E-state index in [1.165, 1.54) is 23.9 Å². The molecule has 3 fully saturated rings. The predicted molar refractivity (Wildman–Crippen MR) is 73.4 cm³/mol. The normalized spacial score (nSPS) is 28.8. The van der Waals surface area contributed by atoms with E-state index in [-0.39, 0.29) is 30.6 Å². The number of piperazine rings is 1. The van der Waals surface area contributed by atoms with Crippen LogP contribution in [0.3, 0.4) is 0 Å². The van der Waals surface area contributed by atoms with Gasteiger partial charge in [-0.25, -0.2) is 0 Å². The molecule has 3 aliphatic rings. The molecule has 0 radical (unpaired) electrons. The molecule has 3 aliphatic heterocycles. The van der Waals surface area contributed by atoms with Crippen molar-refractivity contribution in [3.05, 3.63) is 35.9 Å². The van der Waals surface area contributed by atoms with E-state index in [4.69, 9.17) is 4.74 Å². The summed E-state index contributed by atoms with van der Waals surface area (Å²) >= 11 is 0. The van der Waals surface area contributed by atoms with E-state index in [0.29, 0.717) is 5.56 Å². The van der Waals surface area contributed by atoms with E-state index in [1.807, 2.05) is 0 Å². The van der Waals surface area contributed by atoms with Gasteiger partial charge in [0.15, 0.2) is 11.3 Å². The molecule has 1 aromatic rings. The van der Waals surface area contributed by atoms with E-state index in [0.717, 1.165) is 0 Å². The Morgan fingerprint density at radius 1 is 1.24 bits per heavy atom. The Balaban J connectivity index is 2.14. The molecule has 0 aromatic heterocycles. The summed E-state index contributed by atoms with van der Waals surface area (Å²) in [5.74, 6) is -1.11. The van der Waals surface area contributed by atoms with Crippen molar-refractivity contribution >= 4 is 17.6 Å². The monoisotopic (exact) mass is 288 g/mol. The molecule has 6 heteroatoms. The van der Waals surface area contributed by atoms with E-state index in [2.05, 4.69) is 0 Å². The number of ether oxygens (including phenoxy) is 1. The molecule has 6 nitrogen and oxygen atoms in total. The first-order valence-electron chi connectivity index (χ1n) is 6.76. The molecule has 1 aromatic carbocycles. The van der Waals surface area contributed by atoms with Crippen molar-refractivity contribution in [2.75, 3.05) is 20.7 Å². The maximum absolute atomic E-state index is 12.9. The minimum absolute atomic E-state index is 0.169. The zero-order chi connectivity index (χ0) is 15.2. The van der Waals surface area contributed by atoms with E-state index >= 15 is 0 Å². The summed E-state index contributed by atoms with van der Waals surface area (Å²) in [6.45, 7) is 0.190. The Kier molecular flexibility index (Phi) is 3.06. The number of benzene rings is 1. The molecule has 21 heavy (non-hydrogen) atoms. The minimum atomic E-state index is -1.50. The van der Waals surface area contributed by atoms with Crippen LogP contribution in [0.5, 0.6) is 0 Å². The number of Topliss-reactive ketones (excluding diaryl/α,β-unsaturated/α-hetero) is 1. The third-order valence-corrected chi connectivity index (χ3v) is 4.29. The number of carbonyl (C=O) groups excluding carboxylic acids is 3. The lowest BCUT2D eigenvalue weighted by Gasteiger charge is -2.45. The number of amides is 2. The fourth-order valence-electron chi connectivity index (χ4n) is 3.03. The Hall–Kier alpha value is -2.21. The number of fused-ring (bicyclic) bond motifs is 4. The summed E-state index contributed by atoms with van der Waals surface area (Å²) in [7, 11) is 2.99. The van der Waals surface area contributed by atoms with Crippen LogP contribution in [0.1, 0.15) is 16.8 Å². The molecule has 2 amide bonds. The standard InChI is InChI=1S/C15H16N2O4/c1-16-13-12(19)17(2)15(14(16)20,8-9-21-13)11(18)10-6-4-3-5-7-10/h3-7,13H,8-9H2,1-2H3/t13?,15-/m1/s1. The Bertz CT molecular complexity index is 615. The Morgan fingerprint density at radius 2 is 1.90 bits per heavy atom. The second-order valence-electron chi connectivity index (χ2n) is 5.34. The van der Waals surface area contributed by atoms with Gasteiger partial charge in [-0.3, -0.25) is 14.4 Å². The summed E-state index contributed by atoms with van der Waals surface area (Å²) in [6.07, 6.45) is -0.760. The van der Waals surface area contributed by atoms with Crippen LogP contribution >= 0.6 is 0 Å². The number of likely N-dealkylation sites (N-methyl/N-ethyl adjacent to an activating group) is 2. The summed E-state index contributed by atoms with van der Waals surface area (Å²) < 4.78 is 5.43. The van der Waals surface area contributed by atoms with Gasteiger partial charge >= 0.3 is 0 Å². The van der Waals surface area contributed by atoms with Crippen molar-refractivity contribution in [1.82, 2.24) is 9.80 Å². The van der Waals surface area contributed by atoms with Crippen LogP contribution in [0.2, 0.25) is 0 Å². The Labute approximate surface area is 122 Å². The number of carbonyl (C=O) groups is 3. The first kappa shape index (κ1) is 13.8. The van der Waals surface area contributed by atoms with Crippen LogP contribution in [0.25, 0.3) is 0 Å². The molecule has 0 saturated carbocycles. The van der Waals surface area contributed by atoms with E-state index in [9.17, 15) is 14.4 Å². The zero-order valence-electron chi connectivity index (χ0n) is 11.9. The van der Waals surface area contributed by atoms with Crippen molar-refractivity contribution in [3.63, 3.8) is 0 Å². The van der Waals surface area contributed by atoms with Gasteiger partial charge < -0.3 is 14.5 Å². The molecule has 1 unspecified atom stereocenters. The second kappa shape index (κ2) is 4.66. The largest absolute Gasteiger partial charge is 0.349 e. The lowest BCUT2D eigenvalue weighted by molar-refractivity contribution is -0.174. The number of nitrogens with zero attached hydrogens (tertiary/aromatic N) is 2. The Morgan fingerprint density at radius 3 is 2.57 bits per heavy atom. The van der Waals surface area contributed by atoms with Crippen molar-refractivity contribution in [3.8, 4) is 0 Å². The molecule has 4 rings (SSSR count). The fraction of sp³-hybridized carbons (Fsp3) is 0.400. The number of rotatable bonds is 2. The molecular formula is C15H16N2O4. The number of hydrogen-bond donors (Lipinski definition) is 0. The lowest BCUT2D eigenvalue weighted by atomic mass is 9.82. The molecule has 3 saturated heterocycles. The van der Waals surface area contributed by atoms with Crippen molar-refractivity contribution in [2.45, 2.75) is 18.2 Å². The molecule has 0 spiro atoms. The lowest BCUT2D eigenvalue weighted by Crippen LogP contribution is -2.71. The zero-order valence-corrected chi connectivity index (χ0v) is 11.9. The summed E-state index contributed by atoms with van der Waals surface area (Å²) in [4.78, 5) is 40.5. The van der Waals surface area contributed by atoms with Gasteiger partial charge in [0.05, 0.1) is 6.61 Å². The second-order valence-corrected chi connectivity index (χ2v) is 5.34. The van der Waals surface area contributed by atoms with Gasteiger partial charge in [-0.05, 0) is 0 Å². The van der Waals surface area contributed by atoms with Gasteiger partial charge in [0.2, 0.25) is 6.23 Å². The number of hydrogen-bond acceptors (Lipinski definition) is 4. The van der Waals surface area contributed by atoms with Gasteiger partial charge in [-0.15, -0.1) is 0 Å². The third-order valence-electron chi connectivity index (χ3n) is 4.29. The summed E-state index contributed by atoms with van der Waals surface area (Å²) in [6, 6.07) is 8.57. The summed E-state index contributed by atoms with van der Waals surface area (Å²) in [5.41, 5.74) is -1.08. The van der Waals surface area contributed by atoms with Crippen LogP contribution in [0.15, 0.2) is 30.3 Å². The predicted octanol–water partition coefficient (Wildman–Crippen LogP) is 0.285. The first-order valence-corrected chi connectivity index (χ1v) is 6.76. The van der Waals surface area contributed by atoms with Gasteiger partial charge in [0.1, 0.15) is 0 Å². The molecular weight excluding hydrogens is 272 g/mol. The van der Waals surface area contributed by atoms with Crippen molar-refractivity contribution < 1.29 is 19.1 Å². The number of ketones is 1. The third kappa shape index (κ3) is 1.72. The van der Waals surface area contributed by atoms with Crippen LogP contribution in [0, 0.1) is 0 Å². The first-order chi connectivity index (χ1) is 10.00. The average Bonchev–Trinajstić information content (AvgIpc) is 2.72. The highest BCUT2D eigenvalue weighted by Crippen LogP contribution is 2.35. The maximum Gasteiger partial charge on any atom is 0.273 e. The highest BCUT2D eigenvalue weighted by Gasteiger charge is 2.60.